The number of halogens is 2. The van der Waals surface area contributed by atoms with E-state index in [9.17, 15) is 4.79 Å². The highest BCUT2D eigenvalue weighted by Gasteiger charge is 2.17. The van der Waals surface area contributed by atoms with E-state index < -0.39 is 11.7 Å². The number of alkyl carbamates (subject to hydrolysis) is 1. The minimum atomic E-state index is -0.508. The summed E-state index contributed by atoms with van der Waals surface area (Å²) in [5.74, 6) is 1.12. The lowest BCUT2D eigenvalue weighted by Crippen LogP contribution is -2.33. The lowest BCUT2D eigenvalue weighted by atomic mass is 10.2. The molecule has 170 valence electrons. The minimum Gasteiger partial charge on any atom is -0.444 e. The summed E-state index contributed by atoms with van der Waals surface area (Å²) >= 11 is 1.72. The summed E-state index contributed by atoms with van der Waals surface area (Å²) < 4.78 is 10.5. The molecule has 0 spiro atoms. The van der Waals surface area contributed by atoms with Gasteiger partial charge in [-0.05, 0) is 58.8 Å². The van der Waals surface area contributed by atoms with Crippen molar-refractivity contribution in [3.63, 3.8) is 0 Å². The van der Waals surface area contributed by atoms with Gasteiger partial charge < -0.3 is 14.6 Å². The molecule has 2 aromatic rings. The van der Waals surface area contributed by atoms with Crippen molar-refractivity contribution in [2.75, 3.05) is 19.6 Å². The Labute approximate surface area is 194 Å². The second-order valence-corrected chi connectivity index (χ2v) is 9.32. The van der Waals surface area contributed by atoms with Gasteiger partial charge in [0, 0.05) is 24.4 Å². The first-order valence-corrected chi connectivity index (χ1v) is 10.8. The zero-order valence-corrected chi connectivity index (χ0v) is 20.3. The van der Waals surface area contributed by atoms with E-state index in [1.165, 1.54) is 43.6 Å². The highest BCUT2D eigenvalue weighted by atomic mass is 35.5. The SMILES string of the molecule is CC(C)(C)OC(=O)NCCc1nc(-c2ccc(CN3CCCCCC3)s2)no1.Cl.Cl. The van der Waals surface area contributed by atoms with E-state index in [1.54, 1.807) is 11.3 Å². The van der Waals surface area contributed by atoms with E-state index in [2.05, 4.69) is 32.5 Å². The van der Waals surface area contributed by atoms with Gasteiger partial charge in [0.2, 0.25) is 11.7 Å². The van der Waals surface area contributed by atoms with Crippen LogP contribution in [-0.2, 0) is 17.7 Å². The summed E-state index contributed by atoms with van der Waals surface area (Å²) in [6.07, 6.45) is 5.32. The molecule has 10 heteroatoms. The van der Waals surface area contributed by atoms with Crippen molar-refractivity contribution in [2.45, 2.75) is 65.0 Å². The number of hydrogen-bond acceptors (Lipinski definition) is 7. The third-order valence-corrected chi connectivity index (χ3v) is 5.50. The minimum absolute atomic E-state index is 0. The highest BCUT2D eigenvalue weighted by molar-refractivity contribution is 7.15. The van der Waals surface area contributed by atoms with E-state index in [4.69, 9.17) is 9.26 Å². The van der Waals surface area contributed by atoms with Gasteiger partial charge in [-0.2, -0.15) is 4.98 Å². The lowest BCUT2D eigenvalue weighted by Gasteiger charge is -2.19. The predicted octanol–water partition coefficient (Wildman–Crippen LogP) is 5.08. The number of ether oxygens (including phenoxy) is 1. The Balaban J connectivity index is 0.00000225. The quantitative estimate of drug-likeness (QED) is 0.622. The van der Waals surface area contributed by atoms with Crippen LogP contribution in [0.1, 0.15) is 57.2 Å². The van der Waals surface area contributed by atoms with E-state index in [0.717, 1.165) is 11.4 Å². The summed E-state index contributed by atoms with van der Waals surface area (Å²) in [5.41, 5.74) is -0.508. The second-order valence-electron chi connectivity index (χ2n) is 8.15. The topological polar surface area (TPSA) is 80.5 Å². The summed E-state index contributed by atoms with van der Waals surface area (Å²) in [7, 11) is 0. The predicted molar refractivity (Wildman–Crippen MR) is 124 cm³/mol. The van der Waals surface area contributed by atoms with Crippen molar-refractivity contribution in [1.29, 1.82) is 0 Å². The molecule has 0 aromatic carbocycles. The van der Waals surface area contributed by atoms with Crippen LogP contribution < -0.4 is 5.32 Å². The number of rotatable bonds is 6. The summed E-state index contributed by atoms with van der Waals surface area (Å²) in [5, 5.41) is 6.79. The zero-order chi connectivity index (χ0) is 20.0. The molecule has 3 heterocycles. The highest BCUT2D eigenvalue weighted by Crippen LogP contribution is 2.27. The van der Waals surface area contributed by atoms with Crippen LogP contribution in [0, 0.1) is 0 Å². The first-order valence-electron chi connectivity index (χ1n) is 10.00. The molecule has 1 N–H and O–H groups in total. The molecule has 0 saturated carbocycles. The van der Waals surface area contributed by atoms with Crippen molar-refractivity contribution < 1.29 is 14.1 Å². The van der Waals surface area contributed by atoms with Crippen LogP contribution in [0.3, 0.4) is 0 Å². The Kier molecular flexibility index (Phi) is 11.1. The standard InChI is InChI=1S/C20H30N4O3S.2ClH/c1-20(2,3)26-19(25)21-11-10-17-22-18(23-27-17)16-9-8-15(28-16)14-24-12-6-4-5-7-13-24;;/h8-9H,4-7,10-14H2,1-3H3,(H,21,25);2*1H. The molecule has 7 nitrogen and oxygen atoms in total. The largest absolute Gasteiger partial charge is 0.444 e. The Morgan fingerprint density at radius 3 is 2.57 bits per heavy atom. The fourth-order valence-electron chi connectivity index (χ4n) is 3.14. The van der Waals surface area contributed by atoms with Crippen molar-refractivity contribution in [3.8, 4) is 10.7 Å². The average Bonchev–Trinajstić information content (AvgIpc) is 3.18. The first kappa shape index (κ1) is 26.7. The number of amides is 1. The normalized spacial score (nSPS) is 14.9. The van der Waals surface area contributed by atoms with Crippen LogP contribution >= 0.6 is 36.2 Å². The molecule has 1 saturated heterocycles. The Morgan fingerprint density at radius 1 is 1.20 bits per heavy atom. The van der Waals surface area contributed by atoms with Gasteiger partial charge in [-0.25, -0.2) is 4.79 Å². The number of carbonyl (C=O) groups excluding carboxylic acids is 1. The van der Waals surface area contributed by atoms with Crippen molar-refractivity contribution in [2.24, 2.45) is 0 Å². The van der Waals surface area contributed by atoms with Crippen molar-refractivity contribution in [1.82, 2.24) is 20.4 Å². The van der Waals surface area contributed by atoms with Gasteiger partial charge in [-0.3, -0.25) is 4.90 Å². The van der Waals surface area contributed by atoms with Gasteiger partial charge >= 0.3 is 6.09 Å². The molecule has 1 aliphatic rings. The summed E-state index contributed by atoms with van der Waals surface area (Å²) in [4.78, 5) is 21.0. The number of nitrogens with zero attached hydrogens (tertiary/aromatic N) is 3. The summed E-state index contributed by atoms with van der Waals surface area (Å²) in [6.45, 7) is 9.25. The fourth-order valence-corrected chi connectivity index (χ4v) is 4.12. The molecule has 1 aliphatic heterocycles. The number of aromatic nitrogens is 2. The second kappa shape index (κ2) is 12.5. The van der Waals surface area contributed by atoms with Crippen molar-refractivity contribution in [3.05, 3.63) is 22.9 Å². The van der Waals surface area contributed by atoms with Gasteiger partial charge in [0.1, 0.15) is 5.60 Å². The molecule has 0 radical (unpaired) electrons. The van der Waals surface area contributed by atoms with E-state index in [-0.39, 0.29) is 24.8 Å². The van der Waals surface area contributed by atoms with Gasteiger partial charge in [0.25, 0.3) is 0 Å². The van der Waals surface area contributed by atoms with Crippen LogP contribution in [-0.4, -0.2) is 46.4 Å². The maximum Gasteiger partial charge on any atom is 0.407 e. The molecule has 3 rings (SSSR count). The van der Waals surface area contributed by atoms with E-state index >= 15 is 0 Å². The third kappa shape index (κ3) is 8.79. The molecule has 0 aliphatic carbocycles. The molecule has 30 heavy (non-hydrogen) atoms. The van der Waals surface area contributed by atoms with E-state index in [1.807, 2.05) is 20.8 Å². The number of carbonyl (C=O) groups is 1. The lowest BCUT2D eigenvalue weighted by molar-refractivity contribution is 0.0527. The molecular formula is C20H32Cl2N4O3S. The van der Waals surface area contributed by atoms with Crippen LogP contribution in [0.5, 0.6) is 0 Å². The van der Waals surface area contributed by atoms with Gasteiger partial charge in [0.15, 0.2) is 0 Å². The van der Waals surface area contributed by atoms with Crippen LogP contribution in [0.2, 0.25) is 0 Å². The number of likely N-dealkylation sites (tertiary alicyclic amines) is 1. The number of hydrogen-bond donors (Lipinski definition) is 1. The Morgan fingerprint density at radius 2 is 1.90 bits per heavy atom. The Bertz CT molecular complexity index is 768. The molecular weight excluding hydrogens is 447 g/mol. The van der Waals surface area contributed by atoms with Crippen molar-refractivity contribution >= 4 is 42.2 Å². The maximum atomic E-state index is 11.7. The monoisotopic (exact) mass is 478 g/mol. The molecule has 0 bridgehead atoms. The summed E-state index contributed by atoms with van der Waals surface area (Å²) in [6, 6.07) is 4.22. The maximum absolute atomic E-state index is 11.7. The molecule has 1 amide bonds. The molecule has 2 aromatic heterocycles. The Hall–Kier alpha value is -1.35. The molecule has 1 fully saturated rings. The van der Waals surface area contributed by atoms with Gasteiger partial charge in [-0.1, -0.05) is 18.0 Å². The number of nitrogens with one attached hydrogen (secondary N) is 1. The number of thiophene rings is 1. The van der Waals surface area contributed by atoms with Crippen LogP contribution in [0.15, 0.2) is 16.7 Å². The molecule has 0 atom stereocenters. The fraction of sp³-hybridized carbons (Fsp3) is 0.650. The molecule has 0 unspecified atom stereocenters. The average molecular weight is 479 g/mol. The smallest absolute Gasteiger partial charge is 0.407 e. The van der Waals surface area contributed by atoms with Gasteiger partial charge in [0.05, 0.1) is 4.88 Å². The third-order valence-electron chi connectivity index (χ3n) is 4.44. The first-order chi connectivity index (χ1) is 13.4. The van der Waals surface area contributed by atoms with Gasteiger partial charge in [-0.15, -0.1) is 36.2 Å². The van der Waals surface area contributed by atoms with E-state index in [0.29, 0.717) is 24.7 Å². The van der Waals surface area contributed by atoms with Crippen LogP contribution in [0.4, 0.5) is 4.79 Å². The zero-order valence-electron chi connectivity index (χ0n) is 17.8. The van der Waals surface area contributed by atoms with Crippen LogP contribution in [0.25, 0.3) is 10.7 Å².